The summed E-state index contributed by atoms with van der Waals surface area (Å²) in [7, 11) is -1.16. The van der Waals surface area contributed by atoms with Gasteiger partial charge in [-0.25, -0.2) is 12.8 Å². The largest absolute Gasteiger partial charge is 0.497 e. The van der Waals surface area contributed by atoms with Crippen molar-refractivity contribution in [3.8, 4) is 11.5 Å². The maximum atomic E-state index is 13.8. The summed E-state index contributed by atoms with van der Waals surface area (Å²) < 4.78 is 52.7. The Bertz CT molecular complexity index is 1340. The Kier molecular flexibility index (Phi) is 7.87. The molecule has 4 rings (SSSR count). The molecule has 3 aromatic rings. The monoisotopic (exact) mass is 527 g/mol. The summed E-state index contributed by atoms with van der Waals surface area (Å²) >= 11 is 0. The van der Waals surface area contributed by atoms with Crippen molar-refractivity contribution >= 4 is 27.3 Å². The predicted molar refractivity (Wildman–Crippen MR) is 140 cm³/mol. The van der Waals surface area contributed by atoms with E-state index in [0.717, 1.165) is 15.6 Å². The van der Waals surface area contributed by atoms with Gasteiger partial charge in [-0.3, -0.25) is 9.10 Å². The topological polar surface area (TPSA) is 79.4 Å². The summed E-state index contributed by atoms with van der Waals surface area (Å²) in [5.41, 5.74) is 2.03. The number of aryl methyl sites for hydroxylation is 1. The lowest BCUT2D eigenvalue weighted by molar-refractivity contribution is -0.129. The highest BCUT2D eigenvalue weighted by Gasteiger charge is 2.32. The van der Waals surface area contributed by atoms with Crippen molar-refractivity contribution in [2.45, 2.75) is 11.8 Å². The lowest BCUT2D eigenvalue weighted by Gasteiger charge is -2.37. The first-order valence-electron chi connectivity index (χ1n) is 11.8. The van der Waals surface area contributed by atoms with E-state index in [2.05, 4.69) is 4.90 Å². The molecule has 0 atom stereocenters. The van der Waals surface area contributed by atoms with Crippen molar-refractivity contribution in [2.24, 2.45) is 0 Å². The van der Waals surface area contributed by atoms with Crippen LogP contribution in [0.15, 0.2) is 71.6 Å². The average Bonchev–Trinajstić information content (AvgIpc) is 2.92. The first-order valence-corrected chi connectivity index (χ1v) is 13.3. The van der Waals surface area contributed by atoms with Crippen molar-refractivity contribution < 1.29 is 27.1 Å². The second-order valence-electron chi connectivity index (χ2n) is 8.71. The standard InChI is InChI=1S/C27H30FN3O5S/c1-20-4-11-24(12-5-20)37(33,34)31(25-13-10-23(35-2)18-26(25)36-3)19-27(32)30-16-14-29(15-17-30)22-8-6-21(28)7-9-22/h4-13,18H,14-17,19H2,1-3H3. The third-order valence-electron chi connectivity index (χ3n) is 6.37. The highest BCUT2D eigenvalue weighted by molar-refractivity contribution is 7.92. The van der Waals surface area contributed by atoms with Gasteiger partial charge in [0.25, 0.3) is 10.0 Å². The second kappa shape index (κ2) is 11.1. The van der Waals surface area contributed by atoms with E-state index in [1.807, 2.05) is 6.92 Å². The summed E-state index contributed by atoms with van der Waals surface area (Å²) in [6, 6.07) is 17.5. The van der Waals surface area contributed by atoms with Crippen LogP contribution in [0.2, 0.25) is 0 Å². The SMILES string of the molecule is COc1ccc(N(CC(=O)N2CCN(c3ccc(F)cc3)CC2)S(=O)(=O)c2ccc(C)cc2)c(OC)c1. The number of hydrogen-bond acceptors (Lipinski definition) is 6. The quantitative estimate of drug-likeness (QED) is 0.445. The molecule has 1 saturated heterocycles. The summed E-state index contributed by atoms with van der Waals surface area (Å²) in [6.45, 7) is 3.40. The Balaban J connectivity index is 1.59. The maximum absolute atomic E-state index is 13.8. The third kappa shape index (κ3) is 5.80. The van der Waals surface area contributed by atoms with Gasteiger partial charge in [0.2, 0.25) is 5.91 Å². The molecule has 0 bridgehead atoms. The first kappa shape index (κ1) is 26.3. The van der Waals surface area contributed by atoms with Crippen LogP contribution in [0.5, 0.6) is 11.5 Å². The van der Waals surface area contributed by atoms with Crippen molar-refractivity contribution in [3.05, 3.63) is 78.1 Å². The van der Waals surface area contributed by atoms with Gasteiger partial charge in [0.1, 0.15) is 23.9 Å². The molecule has 1 aliphatic rings. The number of sulfonamides is 1. The van der Waals surface area contributed by atoms with Crippen molar-refractivity contribution in [1.82, 2.24) is 4.90 Å². The van der Waals surface area contributed by atoms with E-state index >= 15 is 0 Å². The Morgan fingerprint density at radius 2 is 1.57 bits per heavy atom. The minimum absolute atomic E-state index is 0.0740. The number of hydrogen-bond donors (Lipinski definition) is 0. The molecule has 3 aromatic carbocycles. The number of anilines is 2. The molecule has 1 fully saturated rings. The number of benzene rings is 3. The van der Waals surface area contributed by atoms with Crippen LogP contribution in [-0.2, 0) is 14.8 Å². The van der Waals surface area contributed by atoms with Crippen LogP contribution in [0, 0.1) is 12.7 Å². The first-order chi connectivity index (χ1) is 17.7. The fourth-order valence-electron chi connectivity index (χ4n) is 4.22. The fourth-order valence-corrected chi connectivity index (χ4v) is 5.64. The van der Waals surface area contributed by atoms with Crippen molar-refractivity contribution in [3.63, 3.8) is 0 Å². The smallest absolute Gasteiger partial charge is 0.264 e. The number of piperazine rings is 1. The van der Waals surface area contributed by atoms with Gasteiger partial charge in [-0.2, -0.15) is 0 Å². The van der Waals surface area contributed by atoms with Crippen molar-refractivity contribution in [1.29, 1.82) is 0 Å². The highest BCUT2D eigenvalue weighted by Crippen LogP contribution is 2.35. The normalized spacial score (nSPS) is 13.8. The van der Waals surface area contributed by atoms with E-state index in [1.54, 1.807) is 47.4 Å². The average molecular weight is 528 g/mol. The number of ether oxygens (including phenoxy) is 2. The van der Waals surface area contributed by atoms with Gasteiger partial charge in [-0.1, -0.05) is 17.7 Å². The molecule has 1 heterocycles. The Labute approximate surface area is 216 Å². The fraction of sp³-hybridized carbons (Fsp3) is 0.296. The van der Waals surface area contributed by atoms with Gasteiger partial charge in [-0.05, 0) is 55.5 Å². The lowest BCUT2D eigenvalue weighted by atomic mass is 10.2. The lowest BCUT2D eigenvalue weighted by Crippen LogP contribution is -2.52. The zero-order valence-corrected chi connectivity index (χ0v) is 21.9. The van der Waals surface area contributed by atoms with Crippen LogP contribution in [0.4, 0.5) is 15.8 Å². The molecule has 10 heteroatoms. The molecule has 0 spiro atoms. The highest BCUT2D eigenvalue weighted by atomic mass is 32.2. The summed E-state index contributed by atoms with van der Waals surface area (Å²) in [4.78, 5) is 17.2. The van der Waals surface area contributed by atoms with E-state index in [-0.39, 0.29) is 28.1 Å². The molecule has 8 nitrogen and oxygen atoms in total. The molecule has 196 valence electrons. The molecule has 0 saturated carbocycles. The van der Waals surface area contributed by atoms with E-state index in [9.17, 15) is 17.6 Å². The number of carbonyl (C=O) groups is 1. The zero-order valence-electron chi connectivity index (χ0n) is 21.1. The van der Waals surface area contributed by atoms with Crippen LogP contribution in [-0.4, -0.2) is 66.2 Å². The van der Waals surface area contributed by atoms with Gasteiger partial charge in [0, 0.05) is 37.9 Å². The Morgan fingerprint density at radius 1 is 0.919 bits per heavy atom. The van der Waals surface area contributed by atoms with E-state index in [1.165, 1.54) is 38.5 Å². The van der Waals surface area contributed by atoms with Crippen LogP contribution < -0.4 is 18.7 Å². The Morgan fingerprint density at radius 3 is 2.16 bits per heavy atom. The van der Waals surface area contributed by atoms with Crippen molar-refractivity contribution in [2.75, 3.05) is 56.1 Å². The minimum Gasteiger partial charge on any atom is -0.497 e. The summed E-state index contributed by atoms with van der Waals surface area (Å²) in [5.74, 6) is 0.134. The van der Waals surface area contributed by atoms with Crippen LogP contribution in [0.25, 0.3) is 0 Å². The molecule has 0 aliphatic carbocycles. The molecule has 1 aliphatic heterocycles. The van der Waals surface area contributed by atoms with Gasteiger partial charge in [0.05, 0.1) is 24.8 Å². The number of halogens is 1. The molecule has 37 heavy (non-hydrogen) atoms. The molecule has 0 N–H and O–H groups in total. The molecule has 1 amide bonds. The van der Waals surface area contributed by atoms with Crippen LogP contribution >= 0.6 is 0 Å². The van der Waals surface area contributed by atoms with Crippen LogP contribution in [0.1, 0.15) is 5.56 Å². The van der Waals surface area contributed by atoms with E-state index in [4.69, 9.17) is 9.47 Å². The predicted octanol–water partition coefficient (Wildman–Crippen LogP) is 3.70. The molecule has 0 radical (unpaired) electrons. The van der Waals surface area contributed by atoms with Gasteiger partial charge < -0.3 is 19.3 Å². The van der Waals surface area contributed by atoms with Crippen LogP contribution in [0.3, 0.4) is 0 Å². The molecular weight excluding hydrogens is 497 g/mol. The van der Waals surface area contributed by atoms with Gasteiger partial charge in [-0.15, -0.1) is 0 Å². The summed E-state index contributed by atoms with van der Waals surface area (Å²) in [6.07, 6.45) is 0. The maximum Gasteiger partial charge on any atom is 0.264 e. The number of methoxy groups -OCH3 is 2. The summed E-state index contributed by atoms with van der Waals surface area (Å²) in [5, 5.41) is 0. The second-order valence-corrected chi connectivity index (χ2v) is 10.6. The Hall–Kier alpha value is -3.79. The molecular formula is C27H30FN3O5S. The van der Waals surface area contributed by atoms with Gasteiger partial charge >= 0.3 is 0 Å². The number of nitrogens with zero attached hydrogens (tertiary/aromatic N) is 3. The number of rotatable bonds is 8. The third-order valence-corrected chi connectivity index (χ3v) is 8.14. The molecule has 0 aromatic heterocycles. The minimum atomic E-state index is -4.10. The van der Waals surface area contributed by atoms with E-state index in [0.29, 0.717) is 31.9 Å². The number of carbonyl (C=O) groups excluding carboxylic acids is 1. The zero-order chi connectivity index (χ0) is 26.6. The number of amides is 1. The van der Waals surface area contributed by atoms with Gasteiger partial charge in [0.15, 0.2) is 0 Å². The molecule has 0 unspecified atom stereocenters. The van der Waals surface area contributed by atoms with E-state index < -0.39 is 16.6 Å².